The fourth-order valence-electron chi connectivity index (χ4n) is 9.39. The molecule has 2 aliphatic carbocycles. The number of imidazole rings is 1. The summed E-state index contributed by atoms with van der Waals surface area (Å²) in [5.41, 5.74) is 7.65. The summed E-state index contributed by atoms with van der Waals surface area (Å²) in [5.74, 6) is 2.35. The number of aryl methyl sites for hydroxylation is 2. The fourth-order valence-corrected chi connectivity index (χ4v) is 9.39. The summed E-state index contributed by atoms with van der Waals surface area (Å²) in [6.07, 6.45) is 6.06. The smallest absolute Gasteiger partial charge is 0.131 e. The Morgan fingerprint density at radius 2 is 1.47 bits per heavy atom. The summed E-state index contributed by atoms with van der Waals surface area (Å²) < 4.78 is 43.8. The largest absolute Gasteiger partial charge is 0.493 e. The molecule has 10 heteroatoms. The van der Waals surface area contributed by atoms with Gasteiger partial charge in [0, 0.05) is 61.0 Å². The highest BCUT2D eigenvalue weighted by molar-refractivity contribution is 5.78. The Balaban J connectivity index is 0.760. The van der Waals surface area contributed by atoms with Gasteiger partial charge >= 0.3 is 0 Å². The number of piperidine rings is 2. The number of H-pyrrole nitrogens is 1. The lowest BCUT2D eigenvalue weighted by atomic mass is 10.1. The minimum atomic E-state index is -0.203. The molecular weight excluding hydrogens is 671 g/mol. The van der Waals surface area contributed by atoms with E-state index >= 15 is 4.39 Å². The lowest BCUT2D eigenvalue weighted by Gasteiger charge is -2.21. The van der Waals surface area contributed by atoms with Gasteiger partial charge in [-0.3, -0.25) is 14.9 Å². The Kier molecular flexibility index (Phi) is 7.67. The van der Waals surface area contributed by atoms with Gasteiger partial charge in [-0.15, -0.1) is 0 Å². The van der Waals surface area contributed by atoms with Gasteiger partial charge in [0.25, 0.3) is 0 Å². The number of aromatic amines is 1. The molecule has 4 unspecified atom stereocenters. The van der Waals surface area contributed by atoms with E-state index in [0.717, 1.165) is 72.7 Å². The van der Waals surface area contributed by atoms with Crippen molar-refractivity contribution < 1.29 is 18.3 Å². The molecular formula is C43H44F2N6O2. The molecule has 0 amide bonds. The van der Waals surface area contributed by atoms with Crippen molar-refractivity contribution in [1.82, 2.24) is 29.5 Å². The monoisotopic (exact) mass is 714 g/mol. The third-order valence-electron chi connectivity index (χ3n) is 12.6. The van der Waals surface area contributed by atoms with Crippen LogP contribution in [0.25, 0.3) is 21.9 Å². The molecule has 1 N–H and O–H groups in total. The highest BCUT2D eigenvalue weighted by Gasteiger charge is 2.61. The zero-order chi connectivity index (χ0) is 35.9. The fraction of sp³-hybridized carbons (Fsp3) is 0.395. The number of nitrogens with zero attached hydrogens (tertiary/aromatic N) is 5. The third kappa shape index (κ3) is 6.15. The van der Waals surface area contributed by atoms with Crippen molar-refractivity contribution in [3.63, 3.8) is 0 Å². The zero-order valence-electron chi connectivity index (χ0n) is 30.2. The Morgan fingerprint density at radius 3 is 2.23 bits per heavy atom. The highest BCUT2D eigenvalue weighted by Crippen LogP contribution is 2.59. The molecule has 4 fully saturated rings. The number of rotatable bonds is 12. The van der Waals surface area contributed by atoms with Gasteiger partial charge < -0.3 is 14.0 Å². The van der Waals surface area contributed by atoms with Crippen LogP contribution in [-0.2, 0) is 19.6 Å². The van der Waals surface area contributed by atoms with Crippen LogP contribution in [0.4, 0.5) is 8.78 Å². The van der Waals surface area contributed by atoms with Crippen molar-refractivity contribution in [2.24, 2.45) is 22.7 Å². The molecule has 2 saturated heterocycles. The summed E-state index contributed by atoms with van der Waals surface area (Å²) in [6.45, 7) is 11.2. The summed E-state index contributed by atoms with van der Waals surface area (Å²) in [5, 5.41) is 8.33. The molecule has 6 aromatic rings. The standard InChI is InChI=1S/C43H44F2N6O2/c1-27-9-35(5-6-37(27)44)52-24-42-14-33(42)21-50(22-42)18-30-4-8-40-39(12-30)46-26-51(40)19-32-13-36(10-28(2)41(32)45)53-25-43-15-34(43)20-49(23-43)17-29-3-7-38-31(11-29)16-47-48-38/h3-13,16,26,33-34H,14-15,17-25H2,1-2H3,(H,47,48). The van der Waals surface area contributed by atoms with E-state index in [0.29, 0.717) is 48.3 Å². The Labute approximate surface area is 307 Å². The third-order valence-corrected chi connectivity index (χ3v) is 12.6. The summed E-state index contributed by atoms with van der Waals surface area (Å²) in [7, 11) is 0. The second-order valence-electron chi connectivity index (χ2n) is 16.6. The Morgan fingerprint density at radius 1 is 0.774 bits per heavy atom. The van der Waals surface area contributed by atoms with Crippen molar-refractivity contribution in [3.05, 3.63) is 119 Å². The molecule has 2 saturated carbocycles. The molecule has 272 valence electrons. The van der Waals surface area contributed by atoms with Gasteiger partial charge in [-0.2, -0.15) is 5.10 Å². The van der Waals surface area contributed by atoms with Crippen LogP contribution in [0.3, 0.4) is 0 Å². The number of likely N-dealkylation sites (tertiary alicyclic amines) is 2. The maximum atomic E-state index is 15.5. The van der Waals surface area contributed by atoms with E-state index in [-0.39, 0.29) is 22.5 Å². The number of hydrogen-bond acceptors (Lipinski definition) is 6. The van der Waals surface area contributed by atoms with Gasteiger partial charge in [-0.05, 0) is 115 Å². The van der Waals surface area contributed by atoms with E-state index in [1.165, 1.54) is 30.0 Å². The second-order valence-corrected chi connectivity index (χ2v) is 16.6. The van der Waals surface area contributed by atoms with Crippen LogP contribution in [0, 0.1) is 48.1 Å². The molecule has 4 aromatic carbocycles. The van der Waals surface area contributed by atoms with Gasteiger partial charge in [0.15, 0.2) is 0 Å². The van der Waals surface area contributed by atoms with Crippen molar-refractivity contribution in [2.75, 3.05) is 39.4 Å². The van der Waals surface area contributed by atoms with E-state index < -0.39 is 0 Å². The quantitative estimate of drug-likeness (QED) is 0.141. The number of benzene rings is 4. The maximum absolute atomic E-state index is 15.5. The number of nitrogens with one attached hydrogen (secondary N) is 1. The lowest BCUT2D eigenvalue weighted by molar-refractivity contribution is 0.200. The first kappa shape index (κ1) is 32.8. The topological polar surface area (TPSA) is 71.4 Å². The van der Waals surface area contributed by atoms with Crippen molar-refractivity contribution in [3.8, 4) is 11.5 Å². The van der Waals surface area contributed by atoms with Crippen LogP contribution in [0.15, 0.2) is 79.3 Å². The minimum Gasteiger partial charge on any atom is -0.493 e. The molecule has 4 heterocycles. The predicted molar refractivity (Wildman–Crippen MR) is 200 cm³/mol. The van der Waals surface area contributed by atoms with Crippen LogP contribution >= 0.6 is 0 Å². The average molecular weight is 715 g/mol. The molecule has 0 radical (unpaired) electrons. The molecule has 4 aliphatic rings. The van der Waals surface area contributed by atoms with Crippen molar-refractivity contribution in [2.45, 2.75) is 46.3 Å². The van der Waals surface area contributed by atoms with Crippen LogP contribution in [0.1, 0.15) is 40.7 Å². The molecule has 53 heavy (non-hydrogen) atoms. The van der Waals surface area contributed by atoms with E-state index in [1.807, 2.05) is 36.1 Å². The number of ether oxygens (including phenoxy) is 2. The SMILES string of the molecule is Cc1cc(OCC23CC2CN(Cc2ccc4c(c2)ncn4Cc2cc(OCC45CC4CN(Cc4ccc6[nH]ncc6c4)C5)cc(C)c2F)C3)ccc1F. The first-order chi connectivity index (χ1) is 25.7. The Bertz CT molecular complexity index is 2370. The highest BCUT2D eigenvalue weighted by atomic mass is 19.1. The first-order valence-electron chi connectivity index (χ1n) is 18.8. The zero-order valence-corrected chi connectivity index (χ0v) is 30.2. The van der Waals surface area contributed by atoms with Gasteiger partial charge in [-0.25, -0.2) is 13.8 Å². The normalized spacial score (nSPS) is 24.9. The molecule has 0 spiro atoms. The van der Waals surface area contributed by atoms with E-state index in [9.17, 15) is 4.39 Å². The van der Waals surface area contributed by atoms with Gasteiger partial charge in [-0.1, -0.05) is 12.1 Å². The average Bonchev–Trinajstić information content (AvgIpc) is 3.60. The van der Waals surface area contributed by atoms with Gasteiger partial charge in [0.2, 0.25) is 0 Å². The van der Waals surface area contributed by atoms with Crippen LogP contribution in [0.5, 0.6) is 11.5 Å². The molecule has 8 nitrogen and oxygen atoms in total. The number of hydrogen-bond donors (Lipinski definition) is 1. The molecule has 10 rings (SSSR count). The van der Waals surface area contributed by atoms with E-state index in [1.54, 1.807) is 19.1 Å². The summed E-state index contributed by atoms with van der Waals surface area (Å²) in [6, 6.07) is 21.6. The van der Waals surface area contributed by atoms with Crippen molar-refractivity contribution in [1.29, 1.82) is 0 Å². The minimum absolute atomic E-state index is 0.174. The molecule has 4 atom stereocenters. The summed E-state index contributed by atoms with van der Waals surface area (Å²) in [4.78, 5) is 9.76. The number of halogens is 2. The van der Waals surface area contributed by atoms with Crippen LogP contribution in [0.2, 0.25) is 0 Å². The number of aromatic nitrogens is 4. The second kappa shape index (κ2) is 12.4. The van der Waals surface area contributed by atoms with E-state index in [2.05, 4.69) is 56.4 Å². The molecule has 0 bridgehead atoms. The predicted octanol–water partition coefficient (Wildman–Crippen LogP) is 7.66. The number of fused-ring (bicyclic) bond motifs is 4. The van der Waals surface area contributed by atoms with E-state index in [4.69, 9.17) is 14.5 Å². The summed E-state index contributed by atoms with van der Waals surface area (Å²) >= 11 is 0. The molecule has 2 aromatic heterocycles. The Hall–Kier alpha value is -4.80. The van der Waals surface area contributed by atoms with Crippen LogP contribution < -0.4 is 9.47 Å². The molecule has 2 aliphatic heterocycles. The lowest BCUT2D eigenvalue weighted by Crippen LogP contribution is -2.27. The van der Waals surface area contributed by atoms with Gasteiger partial charge in [0.1, 0.15) is 23.1 Å². The van der Waals surface area contributed by atoms with Gasteiger partial charge in [0.05, 0.1) is 48.8 Å². The van der Waals surface area contributed by atoms with Crippen molar-refractivity contribution >= 4 is 21.9 Å². The maximum Gasteiger partial charge on any atom is 0.131 e. The van der Waals surface area contributed by atoms with Crippen LogP contribution in [-0.4, -0.2) is 68.9 Å². The first-order valence-corrected chi connectivity index (χ1v) is 18.8.